The van der Waals surface area contributed by atoms with Crippen LogP contribution in [0.15, 0.2) is 28.8 Å². The van der Waals surface area contributed by atoms with Crippen LogP contribution in [0.4, 0.5) is 5.82 Å². The number of ether oxygens (including phenoxy) is 1. The number of phenolic OH excluding ortho intramolecular Hbond substituents is 1. The molecule has 84 valence electrons. The van der Waals surface area contributed by atoms with Gasteiger partial charge in [0.1, 0.15) is 0 Å². The number of nitrogen functional groups attached to an aromatic ring is 1. The Morgan fingerprint density at radius 3 is 2.94 bits per heavy atom. The van der Waals surface area contributed by atoms with E-state index < -0.39 is 0 Å². The van der Waals surface area contributed by atoms with Crippen molar-refractivity contribution in [3.8, 4) is 22.8 Å². The highest BCUT2D eigenvalue weighted by Gasteiger charge is 2.13. The quantitative estimate of drug-likeness (QED) is 0.827. The average Bonchev–Trinajstić information content (AvgIpc) is 2.68. The van der Waals surface area contributed by atoms with Crippen molar-refractivity contribution in [3.63, 3.8) is 0 Å². The van der Waals surface area contributed by atoms with E-state index in [4.69, 9.17) is 15.0 Å². The molecule has 0 saturated heterocycles. The van der Waals surface area contributed by atoms with E-state index in [1.807, 2.05) is 6.92 Å². The van der Waals surface area contributed by atoms with E-state index in [0.29, 0.717) is 23.7 Å². The molecular weight excluding hydrogens is 208 g/mol. The number of rotatable bonds is 3. The second-order valence-electron chi connectivity index (χ2n) is 3.20. The maximum atomic E-state index is 9.93. The number of nitrogens with two attached hydrogens (primary N) is 1. The number of aromatic nitrogens is 1. The maximum Gasteiger partial charge on any atom is 0.172 e. The van der Waals surface area contributed by atoms with Crippen LogP contribution in [0.5, 0.6) is 11.5 Å². The average molecular weight is 220 g/mol. The molecule has 0 bridgehead atoms. The standard InChI is InChI=1S/C11H12N2O3/c1-2-15-8-5-3-4-7(11(8)14)9-6-10(12)13-16-9/h3-6,14H,2H2,1H3,(H2,12,13). The van der Waals surface area contributed by atoms with Gasteiger partial charge in [-0.3, -0.25) is 0 Å². The Labute approximate surface area is 92.4 Å². The van der Waals surface area contributed by atoms with Gasteiger partial charge in [-0.2, -0.15) is 0 Å². The highest BCUT2D eigenvalue weighted by Crippen LogP contribution is 2.37. The molecular formula is C11H12N2O3. The summed E-state index contributed by atoms with van der Waals surface area (Å²) in [5, 5.41) is 13.5. The van der Waals surface area contributed by atoms with Crippen molar-refractivity contribution in [2.75, 3.05) is 12.3 Å². The molecule has 1 aromatic carbocycles. The molecule has 0 amide bonds. The molecule has 3 N–H and O–H groups in total. The molecule has 0 fully saturated rings. The second kappa shape index (κ2) is 4.14. The van der Waals surface area contributed by atoms with Crippen molar-refractivity contribution in [1.29, 1.82) is 0 Å². The van der Waals surface area contributed by atoms with Crippen LogP contribution in [0.25, 0.3) is 11.3 Å². The number of para-hydroxylation sites is 1. The molecule has 0 spiro atoms. The fraction of sp³-hybridized carbons (Fsp3) is 0.182. The zero-order valence-electron chi connectivity index (χ0n) is 8.80. The predicted octanol–water partition coefficient (Wildman–Crippen LogP) is 2.03. The van der Waals surface area contributed by atoms with Crippen LogP contribution in [-0.2, 0) is 0 Å². The van der Waals surface area contributed by atoms with E-state index in [2.05, 4.69) is 5.16 Å². The number of phenols is 1. The Hall–Kier alpha value is -2.17. The molecule has 2 rings (SSSR count). The van der Waals surface area contributed by atoms with Crippen molar-refractivity contribution in [2.45, 2.75) is 6.92 Å². The van der Waals surface area contributed by atoms with Gasteiger partial charge in [-0.15, -0.1) is 0 Å². The Morgan fingerprint density at radius 2 is 2.31 bits per heavy atom. The van der Waals surface area contributed by atoms with Crippen LogP contribution in [0.3, 0.4) is 0 Å². The highest BCUT2D eigenvalue weighted by atomic mass is 16.5. The fourth-order valence-corrected chi connectivity index (χ4v) is 1.41. The van der Waals surface area contributed by atoms with Gasteiger partial charge < -0.3 is 20.1 Å². The summed E-state index contributed by atoms with van der Waals surface area (Å²) >= 11 is 0. The third kappa shape index (κ3) is 1.79. The molecule has 5 nitrogen and oxygen atoms in total. The molecule has 1 aromatic heterocycles. The lowest BCUT2D eigenvalue weighted by molar-refractivity contribution is 0.318. The first-order valence-electron chi connectivity index (χ1n) is 4.89. The minimum atomic E-state index is 0.0282. The maximum absolute atomic E-state index is 9.93. The smallest absolute Gasteiger partial charge is 0.172 e. The Morgan fingerprint density at radius 1 is 1.50 bits per heavy atom. The fourth-order valence-electron chi connectivity index (χ4n) is 1.41. The summed E-state index contributed by atoms with van der Waals surface area (Å²) < 4.78 is 10.2. The molecule has 0 aliphatic heterocycles. The summed E-state index contributed by atoms with van der Waals surface area (Å²) in [4.78, 5) is 0. The van der Waals surface area contributed by atoms with Gasteiger partial charge in [-0.1, -0.05) is 11.2 Å². The van der Waals surface area contributed by atoms with Gasteiger partial charge in [0.15, 0.2) is 23.1 Å². The summed E-state index contributed by atoms with van der Waals surface area (Å²) in [5.41, 5.74) is 5.95. The van der Waals surface area contributed by atoms with Crippen LogP contribution < -0.4 is 10.5 Å². The van der Waals surface area contributed by atoms with Gasteiger partial charge in [0, 0.05) is 6.07 Å². The molecule has 0 radical (unpaired) electrons. The number of aromatic hydroxyl groups is 1. The Bertz CT molecular complexity index is 494. The van der Waals surface area contributed by atoms with E-state index >= 15 is 0 Å². The molecule has 2 aromatic rings. The summed E-state index contributed by atoms with van der Waals surface area (Å²) in [6.45, 7) is 2.33. The molecule has 0 saturated carbocycles. The van der Waals surface area contributed by atoms with E-state index in [-0.39, 0.29) is 11.6 Å². The molecule has 0 aliphatic carbocycles. The molecule has 1 heterocycles. The minimum Gasteiger partial charge on any atom is -0.504 e. The van der Waals surface area contributed by atoms with Crippen molar-refractivity contribution in [3.05, 3.63) is 24.3 Å². The lowest BCUT2D eigenvalue weighted by Crippen LogP contribution is -1.92. The van der Waals surface area contributed by atoms with Crippen LogP contribution >= 0.6 is 0 Å². The molecule has 5 heteroatoms. The predicted molar refractivity (Wildman–Crippen MR) is 59.2 cm³/mol. The van der Waals surface area contributed by atoms with Gasteiger partial charge in [0.2, 0.25) is 0 Å². The number of hydrogen-bond donors (Lipinski definition) is 2. The number of benzene rings is 1. The van der Waals surface area contributed by atoms with E-state index in [0.717, 1.165) is 0 Å². The van der Waals surface area contributed by atoms with Crippen molar-refractivity contribution in [2.24, 2.45) is 0 Å². The van der Waals surface area contributed by atoms with Crippen LogP contribution in [0.1, 0.15) is 6.92 Å². The molecule has 16 heavy (non-hydrogen) atoms. The van der Waals surface area contributed by atoms with Crippen molar-refractivity contribution < 1.29 is 14.4 Å². The summed E-state index contributed by atoms with van der Waals surface area (Å²) in [6.07, 6.45) is 0. The number of anilines is 1. The lowest BCUT2D eigenvalue weighted by atomic mass is 10.1. The van der Waals surface area contributed by atoms with Crippen molar-refractivity contribution in [1.82, 2.24) is 5.16 Å². The van der Waals surface area contributed by atoms with Crippen molar-refractivity contribution >= 4 is 5.82 Å². The van der Waals surface area contributed by atoms with Crippen LogP contribution in [0, 0.1) is 0 Å². The zero-order chi connectivity index (χ0) is 11.5. The van der Waals surface area contributed by atoms with Gasteiger partial charge in [-0.25, -0.2) is 0 Å². The van der Waals surface area contributed by atoms with E-state index in [1.165, 1.54) is 0 Å². The van der Waals surface area contributed by atoms with E-state index in [1.54, 1.807) is 24.3 Å². The third-order valence-corrected chi connectivity index (χ3v) is 2.09. The normalized spacial score (nSPS) is 10.3. The van der Waals surface area contributed by atoms with Gasteiger partial charge >= 0.3 is 0 Å². The Balaban J connectivity index is 2.45. The first-order valence-corrected chi connectivity index (χ1v) is 4.89. The summed E-state index contributed by atoms with van der Waals surface area (Å²) in [5.74, 6) is 1.13. The Kier molecular flexibility index (Phi) is 2.68. The van der Waals surface area contributed by atoms with Gasteiger partial charge in [0.05, 0.1) is 12.2 Å². The molecule has 0 atom stereocenters. The first-order chi connectivity index (χ1) is 7.72. The number of hydrogen-bond acceptors (Lipinski definition) is 5. The van der Waals surface area contributed by atoms with Crippen LogP contribution in [0.2, 0.25) is 0 Å². The highest BCUT2D eigenvalue weighted by molar-refractivity contribution is 5.70. The molecule has 0 unspecified atom stereocenters. The topological polar surface area (TPSA) is 81.5 Å². The summed E-state index contributed by atoms with van der Waals surface area (Å²) in [6, 6.07) is 6.70. The summed E-state index contributed by atoms with van der Waals surface area (Å²) in [7, 11) is 0. The SMILES string of the molecule is CCOc1cccc(-c2cc(N)no2)c1O. The second-order valence-corrected chi connectivity index (χ2v) is 3.20. The monoisotopic (exact) mass is 220 g/mol. The largest absolute Gasteiger partial charge is 0.504 e. The van der Waals surface area contributed by atoms with Crippen LogP contribution in [-0.4, -0.2) is 16.9 Å². The lowest BCUT2D eigenvalue weighted by Gasteiger charge is -2.07. The first kappa shape index (κ1) is 10.4. The third-order valence-electron chi connectivity index (χ3n) is 2.09. The minimum absolute atomic E-state index is 0.0282. The van der Waals surface area contributed by atoms with Gasteiger partial charge in [-0.05, 0) is 19.1 Å². The molecule has 0 aliphatic rings. The van der Waals surface area contributed by atoms with Gasteiger partial charge in [0.25, 0.3) is 0 Å². The number of nitrogens with zero attached hydrogens (tertiary/aromatic N) is 1. The zero-order valence-corrected chi connectivity index (χ0v) is 8.80. The van der Waals surface area contributed by atoms with E-state index in [9.17, 15) is 5.11 Å².